The van der Waals surface area contributed by atoms with Gasteiger partial charge in [-0.05, 0) is 24.1 Å². The van der Waals surface area contributed by atoms with Gasteiger partial charge >= 0.3 is 0 Å². The van der Waals surface area contributed by atoms with E-state index in [1.165, 1.54) is 10.4 Å². The van der Waals surface area contributed by atoms with Gasteiger partial charge in [-0.15, -0.1) is 11.3 Å². The summed E-state index contributed by atoms with van der Waals surface area (Å²) in [5.41, 5.74) is 6.78. The summed E-state index contributed by atoms with van der Waals surface area (Å²) in [5.74, 6) is 0. The zero-order valence-corrected chi connectivity index (χ0v) is 6.87. The van der Waals surface area contributed by atoms with E-state index in [1.54, 1.807) is 11.3 Å². The van der Waals surface area contributed by atoms with Crippen LogP contribution < -0.4 is 11.1 Å². The van der Waals surface area contributed by atoms with Crippen molar-refractivity contribution in [3.8, 4) is 0 Å². The molecule has 0 aliphatic heterocycles. The number of nitrogens with two attached hydrogens (primary N) is 1. The molecule has 3 N–H and O–H groups in total. The minimum atomic E-state index is 0.661. The molecule has 10 heavy (non-hydrogen) atoms. The maximum Gasteiger partial charge on any atom is 0.0273 e. The van der Waals surface area contributed by atoms with Crippen molar-refractivity contribution in [2.75, 3.05) is 7.05 Å². The van der Waals surface area contributed by atoms with Gasteiger partial charge in [-0.3, -0.25) is 0 Å². The fourth-order valence-electron chi connectivity index (χ4n) is 0.830. The molecule has 0 amide bonds. The van der Waals surface area contributed by atoms with Crippen LogP contribution in [0.4, 0.5) is 0 Å². The van der Waals surface area contributed by atoms with Crippen molar-refractivity contribution < 1.29 is 0 Å². The third kappa shape index (κ3) is 1.80. The summed E-state index contributed by atoms with van der Waals surface area (Å²) < 4.78 is 0. The quantitative estimate of drug-likeness (QED) is 0.683. The average molecular weight is 156 g/mol. The van der Waals surface area contributed by atoms with E-state index in [-0.39, 0.29) is 0 Å². The molecule has 56 valence electrons. The molecule has 1 rings (SSSR count). The fraction of sp³-hybridized carbons (Fsp3) is 0.429. The van der Waals surface area contributed by atoms with Gasteiger partial charge in [-0.25, -0.2) is 0 Å². The molecular weight excluding hydrogens is 144 g/mol. The first-order valence-corrected chi connectivity index (χ1v) is 4.15. The standard InChI is InChI=1S/C7H12N2S/c1-9-4-6-2-7(3-8)10-5-6/h2,5,9H,3-4,8H2,1H3. The zero-order chi connectivity index (χ0) is 7.40. The summed E-state index contributed by atoms with van der Waals surface area (Å²) in [7, 11) is 1.94. The Morgan fingerprint density at radius 2 is 2.50 bits per heavy atom. The maximum atomic E-state index is 5.45. The predicted octanol–water partition coefficient (Wildman–Crippen LogP) is 0.926. The van der Waals surface area contributed by atoms with Crippen molar-refractivity contribution in [1.29, 1.82) is 0 Å². The summed E-state index contributed by atoms with van der Waals surface area (Å²) in [6.45, 7) is 1.60. The molecular formula is C7H12N2S. The lowest BCUT2D eigenvalue weighted by Crippen LogP contribution is -2.03. The van der Waals surface area contributed by atoms with Crippen LogP contribution in [0.2, 0.25) is 0 Å². The van der Waals surface area contributed by atoms with Gasteiger partial charge in [0, 0.05) is 18.0 Å². The van der Waals surface area contributed by atoms with Crippen LogP contribution in [-0.4, -0.2) is 7.05 Å². The molecule has 1 aromatic heterocycles. The minimum absolute atomic E-state index is 0.661. The number of hydrogen-bond acceptors (Lipinski definition) is 3. The van der Waals surface area contributed by atoms with Crippen LogP contribution in [0.3, 0.4) is 0 Å². The Kier molecular flexibility index (Phi) is 2.86. The van der Waals surface area contributed by atoms with E-state index in [9.17, 15) is 0 Å². The molecule has 0 unspecified atom stereocenters. The highest BCUT2D eigenvalue weighted by Gasteiger charge is 1.95. The highest BCUT2D eigenvalue weighted by molar-refractivity contribution is 7.10. The van der Waals surface area contributed by atoms with Crippen molar-refractivity contribution in [2.45, 2.75) is 13.1 Å². The second-order valence-electron chi connectivity index (χ2n) is 2.16. The van der Waals surface area contributed by atoms with Crippen LogP contribution in [0.1, 0.15) is 10.4 Å². The van der Waals surface area contributed by atoms with E-state index in [4.69, 9.17) is 5.73 Å². The van der Waals surface area contributed by atoms with Gasteiger partial charge in [0.25, 0.3) is 0 Å². The molecule has 0 bridgehead atoms. The first kappa shape index (κ1) is 7.72. The van der Waals surface area contributed by atoms with Crippen molar-refractivity contribution in [2.24, 2.45) is 5.73 Å². The van der Waals surface area contributed by atoms with Crippen LogP contribution in [-0.2, 0) is 13.1 Å². The van der Waals surface area contributed by atoms with Crippen LogP contribution in [0.5, 0.6) is 0 Å². The third-order valence-electron chi connectivity index (χ3n) is 1.29. The highest BCUT2D eigenvalue weighted by atomic mass is 32.1. The number of thiophene rings is 1. The number of hydrogen-bond donors (Lipinski definition) is 2. The molecule has 1 aromatic rings. The monoisotopic (exact) mass is 156 g/mol. The van der Waals surface area contributed by atoms with Crippen LogP contribution in [0.15, 0.2) is 11.4 Å². The maximum absolute atomic E-state index is 5.45. The topological polar surface area (TPSA) is 38.0 Å². The molecule has 0 aliphatic carbocycles. The Morgan fingerprint density at radius 1 is 1.70 bits per heavy atom. The Morgan fingerprint density at radius 3 is 3.00 bits per heavy atom. The fourth-order valence-corrected chi connectivity index (χ4v) is 1.60. The molecule has 1 heterocycles. The molecule has 0 fully saturated rings. The van der Waals surface area contributed by atoms with Gasteiger partial charge in [0.2, 0.25) is 0 Å². The van der Waals surface area contributed by atoms with Crippen molar-refractivity contribution >= 4 is 11.3 Å². The van der Waals surface area contributed by atoms with Crippen LogP contribution in [0.25, 0.3) is 0 Å². The summed E-state index contributed by atoms with van der Waals surface area (Å²) >= 11 is 1.72. The van der Waals surface area contributed by atoms with Gasteiger partial charge in [0.05, 0.1) is 0 Å². The first-order chi connectivity index (χ1) is 4.86. The lowest BCUT2D eigenvalue weighted by molar-refractivity contribution is 0.820. The van der Waals surface area contributed by atoms with Crippen LogP contribution in [0, 0.1) is 0 Å². The SMILES string of the molecule is CNCc1csc(CN)c1. The smallest absolute Gasteiger partial charge is 0.0273 e. The van der Waals surface area contributed by atoms with Crippen LogP contribution >= 0.6 is 11.3 Å². The van der Waals surface area contributed by atoms with Crippen molar-refractivity contribution in [1.82, 2.24) is 5.32 Å². The van der Waals surface area contributed by atoms with E-state index < -0.39 is 0 Å². The molecule has 3 heteroatoms. The predicted molar refractivity (Wildman–Crippen MR) is 45.0 cm³/mol. The summed E-state index contributed by atoms with van der Waals surface area (Å²) in [5, 5.41) is 5.22. The average Bonchev–Trinajstić information content (AvgIpc) is 2.37. The first-order valence-electron chi connectivity index (χ1n) is 3.27. The summed E-state index contributed by atoms with van der Waals surface area (Å²) in [6, 6.07) is 2.14. The number of rotatable bonds is 3. The van der Waals surface area contributed by atoms with E-state index in [0.29, 0.717) is 6.54 Å². The van der Waals surface area contributed by atoms with Gasteiger partial charge in [0.1, 0.15) is 0 Å². The molecule has 0 saturated heterocycles. The lowest BCUT2D eigenvalue weighted by Gasteiger charge is -1.91. The lowest BCUT2D eigenvalue weighted by atomic mass is 10.3. The van der Waals surface area contributed by atoms with Gasteiger partial charge in [-0.2, -0.15) is 0 Å². The van der Waals surface area contributed by atoms with Gasteiger partial charge in [-0.1, -0.05) is 0 Å². The molecule has 0 radical (unpaired) electrons. The normalized spacial score (nSPS) is 10.2. The van der Waals surface area contributed by atoms with Crippen molar-refractivity contribution in [3.63, 3.8) is 0 Å². The largest absolute Gasteiger partial charge is 0.326 e. The molecule has 0 aromatic carbocycles. The minimum Gasteiger partial charge on any atom is -0.326 e. The van der Waals surface area contributed by atoms with E-state index in [2.05, 4.69) is 16.8 Å². The Labute approximate surface area is 65.1 Å². The Bertz CT molecular complexity index is 195. The number of nitrogens with one attached hydrogen (secondary N) is 1. The zero-order valence-electron chi connectivity index (χ0n) is 6.05. The second kappa shape index (κ2) is 3.71. The highest BCUT2D eigenvalue weighted by Crippen LogP contribution is 2.12. The van der Waals surface area contributed by atoms with E-state index in [1.807, 2.05) is 7.05 Å². The molecule has 2 nitrogen and oxygen atoms in total. The molecule has 0 saturated carbocycles. The second-order valence-corrected chi connectivity index (χ2v) is 3.15. The molecule has 0 spiro atoms. The summed E-state index contributed by atoms with van der Waals surface area (Å²) in [6.07, 6.45) is 0. The Hall–Kier alpha value is -0.380. The van der Waals surface area contributed by atoms with E-state index in [0.717, 1.165) is 6.54 Å². The molecule has 0 aliphatic rings. The molecule has 0 atom stereocenters. The van der Waals surface area contributed by atoms with Gasteiger partial charge in [0.15, 0.2) is 0 Å². The third-order valence-corrected chi connectivity index (χ3v) is 2.30. The van der Waals surface area contributed by atoms with E-state index >= 15 is 0 Å². The van der Waals surface area contributed by atoms with Crippen molar-refractivity contribution in [3.05, 3.63) is 21.9 Å². The van der Waals surface area contributed by atoms with Gasteiger partial charge < -0.3 is 11.1 Å². The summed E-state index contributed by atoms with van der Waals surface area (Å²) in [4.78, 5) is 1.25. The Balaban J connectivity index is 2.59.